The van der Waals surface area contributed by atoms with E-state index in [4.69, 9.17) is 0 Å². The van der Waals surface area contributed by atoms with Crippen LogP contribution in [0.1, 0.15) is 19.3 Å². The molecular formula is C12H15FN2O4S. The Labute approximate surface area is 116 Å². The molecule has 0 aromatic carbocycles. The zero-order chi connectivity index (χ0) is 14.8. The highest BCUT2D eigenvalue weighted by Gasteiger charge is 2.42. The average Bonchev–Trinajstić information content (AvgIpc) is 2.87. The molecular weight excluding hydrogens is 287 g/mol. The number of aromatic nitrogens is 1. The minimum Gasteiger partial charge on any atom is -0.469 e. The van der Waals surface area contributed by atoms with E-state index in [1.54, 1.807) is 0 Å². The fourth-order valence-corrected chi connectivity index (χ4v) is 4.12. The largest absolute Gasteiger partial charge is 0.469 e. The molecule has 1 aliphatic rings. The van der Waals surface area contributed by atoms with Crippen LogP contribution in [0.2, 0.25) is 0 Å². The van der Waals surface area contributed by atoms with Gasteiger partial charge in [0, 0.05) is 0 Å². The number of hydrogen-bond donors (Lipinski definition) is 1. The van der Waals surface area contributed by atoms with Gasteiger partial charge in [0.05, 0.1) is 18.3 Å². The molecule has 0 spiro atoms. The third-order valence-electron chi connectivity index (χ3n) is 3.32. The number of sulfonamides is 1. The molecule has 6 nitrogen and oxygen atoms in total. The predicted molar refractivity (Wildman–Crippen MR) is 69.9 cm³/mol. The first-order valence-electron chi connectivity index (χ1n) is 6.16. The Morgan fingerprint density at radius 1 is 1.45 bits per heavy atom. The third kappa shape index (κ3) is 3.06. The van der Waals surface area contributed by atoms with Crippen molar-refractivity contribution in [2.75, 3.05) is 11.8 Å². The zero-order valence-corrected chi connectivity index (χ0v) is 11.7. The molecule has 1 N–H and O–H groups in total. The highest BCUT2D eigenvalue weighted by molar-refractivity contribution is 7.93. The quantitative estimate of drug-likeness (QED) is 0.669. The van der Waals surface area contributed by atoms with Gasteiger partial charge in [0.15, 0.2) is 0 Å². The molecule has 1 fully saturated rings. The van der Waals surface area contributed by atoms with Crippen LogP contribution in [0.3, 0.4) is 0 Å². The van der Waals surface area contributed by atoms with Crippen molar-refractivity contribution in [3.8, 4) is 0 Å². The number of carbonyl (C=O) groups is 1. The van der Waals surface area contributed by atoms with E-state index in [0.717, 1.165) is 6.07 Å². The number of ether oxygens (including phenoxy) is 1. The van der Waals surface area contributed by atoms with Gasteiger partial charge in [-0.3, -0.25) is 9.52 Å². The maximum absolute atomic E-state index is 13.0. The summed E-state index contributed by atoms with van der Waals surface area (Å²) in [7, 11) is -2.59. The molecule has 1 aromatic rings. The third-order valence-corrected chi connectivity index (χ3v) is 5.17. The number of carbonyl (C=O) groups excluding carboxylic acids is 1. The predicted octanol–water partition coefficient (Wildman–Crippen LogP) is 1.30. The van der Waals surface area contributed by atoms with Gasteiger partial charge in [0.2, 0.25) is 16.0 Å². The SMILES string of the molecule is COC(=O)C1CCCC1S(=O)(=O)Nc1cccc(F)n1. The van der Waals surface area contributed by atoms with Crippen molar-refractivity contribution >= 4 is 21.8 Å². The summed E-state index contributed by atoms with van der Waals surface area (Å²) in [6.07, 6.45) is 1.46. The van der Waals surface area contributed by atoms with Crippen LogP contribution >= 0.6 is 0 Å². The van der Waals surface area contributed by atoms with E-state index in [1.807, 2.05) is 0 Å². The van der Waals surface area contributed by atoms with Crippen LogP contribution in [0.5, 0.6) is 0 Å². The standard InChI is InChI=1S/C12H15FN2O4S/c1-19-12(16)8-4-2-5-9(8)20(17,18)15-11-7-3-6-10(13)14-11/h3,6-9H,2,4-5H2,1H3,(H,14,15). The summed E-state index contributed by atoms with van der Waals surface area (Å²) in [4.78, 5) is 15.0. The summed E-state index contributed by atoms with van der Waals surface area (Å²) in [6, 6.07) is 3.82. The van der Waals surface area contributed by atoms with Gasteiger partial charge in [-0.25, -0.2) is 13.4 Å². The van der Waals surface area contributed by atoms with E-state index in [2.05, 4.69) is 14.4 Å². The number of nitrogens with zero attached hydrogens (tertiary/aromatic N) is 1. The number of halogens is 1. The number of methoxy groups -OCH3 is 1. The lowest BCUT2D eigenvalue weighted by Gasteiger charge is -2.18. The first-order chi connectivity index (χ1) is 9.44. The van der Waals surface area contributed by atoms with Crippen LogP contribution in [0, 0.1) is 11.9 Å². The number of rotatable bonds is 4. The number of pyridine rings is 1. The Bertz CT molecular complexity index is 605. The molecule has 1 heterocycles. The van der Waals surface area contributed by atoms with Gasteiger partial charge in [-0.15, -0.1) is 0 Å². The molecule has 2 atom stereocenters. The number of anilines is 1. The van der Waals surface area contributed by atoms with Crippen LogP contribution < -0.4 is 4.72 Å². The molecule has 0 saturated heterocycles. The van der Waals surface area contributed by atoms with Gasteiger partial charge >= 0.3 is 5.97 Å². The smallest absolute Gasteiger partial charge is 0.310 e. The highest BCUT2D eigenvalue weighted by atomic mass is 32.2. The molecule has 1 saturated carbocycles. The minimum atomic E-state index is -3.81. The maximum atomic E-state index is 13.0. The van der Waals surface area contributed by atoms with Gasteiger partial charge in [0.25, 0.3) is 0 Å². The molecule has 1 aliphatic carbocycles. The molecule has 8 heteroatoms. The molecule has 110 valence electrons. The van der Waals surface area contributed by atoms with E-state index in [-0.39, 0.29) is 5.82 Å². The lowest BCUT2D eigenvalue weighted by Crippen LogP contribution is -2.35. The van der Waals surface area contributed by atoms with Crippen molar-refractivity contribution in [2.45, 2.75) is 24.5 Å². The van der Waals surface area contributed by atoms with E-state index < -0.39 is 33.1 Å². The Morgan fingerprint density at radius 2 is 2.20 bits per heavy atom. The summed E-state index contributed by atoms with van der Waals surface area (Å²) >= 11 is 0. The summed E-state index contributed by atoms with van der Waals surface area (Å²) in [5.41, 5.74) is 0. The fraction of sp³-hybridized carbons (Fsp3) is 0.500. The summed E-state index contributed by atoms with van der Waals surface area (Å²) in [6.45, 7) is 0. The van der Waals surface area contributed by atoms with E-state index in [0.29, 0.717) is 19.3 Å². The Kier molecular flexibility index (Phi) is 4.22. The second-order valence-corrected chi connectivity index (χ2v) is 6.49. The van der Waals surface area contributed by atoms with Gasteiger partial charge in [0.1, 0.15) is 5.82 Å². The van der Waals surface area contributed by atoms with Crippen molar-refractivity contribution in [1.29, 1.82) is 0 Å². The maximum Gasteiger partial charge on any atom is 0.310 e. The molecule has 0 amide bonds. The lowest BCUT2D eigenvalue weighted by molar-refractivity contribution is -0.145. The summed E-state index contributed by atoms with van der Waals surface area (Å²) in [5.74, 6) is -2.10. The van der Waals surface area contributed by atoms with E-state index in [1.165, 1.54) is 19.2 Å². The topological polar surface area (TPSA) is 85.4 Å². The molecule has 0 aliphatic heterocycles. The van der Waals surface area contributed by atoms with Crippen LogP contribution in [-0.4, -0.2) is 31.7 Å². The van der Waals surface area contributed by atoms with Crippen LogP contribution in [0.15, 0.2) is 18.2 Å². The van der Waals surface area contributed by atoms with Crippen molar-refractivity contribution in [3.63, 3.8) is 0 Å². The van der Waals surface area contributed by atoms with Crippen molar-refractivity contribution in [2.24, 2.45) is 5.92 Å². The second kappa shape index (κ2) is 5.74. The number of hydrogen-bond acceptors (Lipinski definition) is 5. The Morgan fingerprint density at radius 3 is 2.85 bits per heavy atom. The first-order valence-corrected chi connectivity index (χ1v) is 7.70. The molecule has 2 rings (SSSR count). The van der Waals surface area contributed by atoms with Gasteiger partial charge in [-0.05, 0) is 25.0 Å². The number of esters is 1. The molecule has 0 bridgehead atoms. The van der Waals surface area contributed by atoms with Gasteiger partial charge in [-0.1, -0.05) is 12.5 Å². The average molecular weight is 302 g/mol. The number of nitrogens with one attached hydrogen (secondary N) is 1. The normalized spacial score (nSPS) is 22.5. The summed E-state index contributed by atoms with van der Waals surface area (Å²) in [5, 5.41) is -0.875. The van der Waals surface area contributed by atoms with Crippen LogP contribution in [0.25, 0.3) is 0 Å². The lowest BCUT2D eigenvalue weighted by atomic mass is 10.1. The van der Waals surface area contributed by atoms with Crippen molar-refractivity contribution in [3.05, 3.63) is 24.1 Å². The van der Waals surface area contributed by atoms with E-state index in [9.17, 15) is 17.6 Å². The highest BCUT2D eigenvalue weighted by Crippen LogP contribution is 2.32. The summed E-state index contributed by atoms with van der Waals surface area (Å²) < 4.78 is 44.3. The Hall–Kier alpha value is -1.70. The zero-order valence-electron chi connectivity index (χ0n) is 10.9. The van der Waals surface area contributed by atoms with Crippen LogP contribution in [0.4, 0.5) is 10.2 Å². The van der Waals surface area contributed by atoms with Gasteiger partial charge < -0.3 is 4.74 Å². The van der Waals surface area contributed by atoms with Crippen molar-refractivity contribution in [1.82, 2.24) is 4.98 Å². The first kappa shape index (κ1) is 14.7. The molecule has 0 radical (unpaired) electrons. The molecule has 2 unspecified atom stereocenters. The van der Waals surface area contributed by atoms with Crippen molar-refractivity contribution < 1.29 is 22.3 Å². The molecule has 1 aromatic heterocycles. The molecule has 20 heavy (non-hydrogen) atoms. The minimum absolute atomic E-state index is 0.0967. The van der Waals surface area contributed by atoms with E-state index >= 15 is 0 Å². The monoisotopic (exact) mass is 302 g/mol. The van der Waals surface area contributed by atoms with Gasteiger partial charge in [-0.2, -0.15) is 4.39 Å². The van der Waals surface area contributed by atoms with Crippen LogP contribution in [-0.2, 0) is 19.6 Å². The fourth-order valence-electron chi connectivity index (χ4n) is 2.40. The Balaban J connectivity index is 2.19. The second-order valence-electron chi connectivity index (χ2n) is 4.59.